The third kappa shape index (κ3) is 4.76. The fourth-order valence-corrected chi connectivity index (χ4v) is 4.34. The molecule has 8 heteroatoms. The van der Waals surface area contributed by atoms with E-state index in [1.807, 2.05) is 24.1 Å². The number of piperidine rings is 1. The van der Waals surface area contributed by atoms with Gasteiger partial charge in [0.05, 0.1) is 6.61 Å². The first-order valence-electron chi connectivity index (χ1n) is 10.6. The van der Waals surface area contributed by atoms with Crippen molar-refractivity contribution < 1.29 is 9.53 Å². The minimum Gasteiger partial charge on any atom is -0.450 e. The Hall–Kier alpha value is -2.45. The minimum absolute atomic E-state index is 0.179. The average Bonchev–Trinajstić information content (AvgIpc) is 3.23. The quantitative estimate of drug-likeness (QED) is 0.768. The monoisotopic (exact) mass is 398 g/mol. The molecule has 0 bridgehead atoms. The molecule has 2 aliphatic heterocycles. The van der Waals surface area contributed by atoms with E-state index in [0.29, 0.717) is 12.6 Å². The van der Waals surface area contributed by atoms with E-state index >= 15 is 0 Å². The summed E-state index contributed by atoms with van der Waals surface area (Å²) in [4.78, 5) is 27.6. The van der Waals surface area contributed by atoms with Crippen LogP contribution in [0, 0.1) is 0 Å². The zero-order valence-electron chi connectivity index (χ0n) is 17.1. The van der Waals surface area contributed by atoms with Crippen LogP contribution in [0.4, 0.5) is 4.79 Å². The summed E-state index contributed by atoms with van der Waals surface area (Å²) in [5.74, 6) is 0.719. The third-order valence-corrected chi connectivity index (χ3v) is 5.82. The summed E-state index contributed by atoms with van der Waals surface area (Å²) in [6, 6.07) is 6.59. The van der Waals surface area contributed by atoms with Crippen LogP contribution in [0.25, 0.3) is 5.95 Å². The maximum atomic E-state index is 11.9. The highest BCUT2D eigenvalue weighted by molar-refractivity contribution is 5.67. The van der Waals surface area contributed by atoms with E-state index in [1.165, 1.54) is 18.5 Å². The van der Waals surface area contributed by atoms with Gasteiger partial charge in [-0.2, -0.15) is 0 Å². The first kappa shape index (κ1) is 19.8. The third-order valence-electron chi connectivity index (χ3n) is 5.82. The Balaban J connectivity index is 1.33. The summed E-state index contributed by atoms with van der Waals surface area (Å²) in [5, 5.41) is 0. The molecule has 8 nitrogen and oxygen atoms in total. The van der Waals surface area contributed by atoms with Gasteiger partial charge in [-0.25, -0.2) is 14.8 Å². The van der Waals surface area contributed by atoms with Crippen LogP contribution in [-0.4, -0.2) is 87.2 Å². The number of piperazine rings is 1. The normalized spacial score (nSPS) is 21.3. The van der Waals surface area contributed by atoms with Gasteiger partial charge < -0.3 is 9.64 Å². The Bertz CT molecular complexity index is 787. The molecule has 2 saturated heterocycles. The molecule has 2 aromatic heterocycles. The molecule has 2 aliphatic rings. The molecule has 29 heavy (non-hydrogen) atoms. The smallest absolute Gasteiger partial charge is 0.409 e. The van der Waals surface area contributed by atoms with Gasteiger partial charge in [0.25, 0.3) is 0 Å². The maximum absolute atomic E-state index is 11.9. The lowest BCUT2D eigenvalue weighted by atomic mass is 10.0. The molecule has 4 rings (SSSR count). The zero-order valence-corrected chi connectivity index (χ0v) is 17.1. The number of hydrogen-bond donors (Lipinski definition) is 0. The predicted octanol–water partition coefficient (Wildman–Crippen LogP) is 2.01. The highest BCUT2D eigenvalue weighted by Gasteiger charge is 2.30. The van der Waals surface area contributed by atoms with Crippen molar-refractivity contribution in [3.05, 3.63) is 42.5 Å². The van der Waals surface area contributed by atoms with Gasteiger partial charge in [0.1, 0.15) is 0 Å². The number of carbonyl (C=O) groups is 1. The summed E-state index contributed by atoms with van der Waals surface area (Å²) >= 11 is 0. The molecule has 0 N–H and O–H groups in total. The maximum Gasteiger partial charge on any atom is 0.409 e. The van der Waals surface area contributed by atoms with Crippen LogP contribution < -0.4 is 0 Å². The fraction of sp³-hybridized carbons (Fsp3) is 0.571. The Morgan fingerprint density at radius 2 is 1.93 bits per heavy atom. The van der Waals surface area contributed by atoms with Crippen LogP contribution in [0.1, 0.15) is 25.5 Å². The lowest BCUT2D eigenvalue weighted by Gasteiger charge is -2.43. The molecule has 2 aromatic rings. The Kier molecular flexibility index (Phi) is 6.41. The molecule has 4 heterocycles. The molecular weight excluding hydrogens is 368 g/mol. The van der Waals surface area contributed by atoms with Gasteiger partial charge in [-0.05, 0) is 44.5 Å². The van der Waals surface area contributed by atoms with Crippen molar-refractivity contribution in [1.29, 1.82) is 0 Å². The van der Waals surface area contributed by atoms with Gasteiger partial charge >= 0.3 is 6.09 Å². The van der Waals surface area contributed by atoms with Crippen molar-refractivity contribution in [2.45, 2.75) is 32.4 Å². The lowest BCUT2D eigenvalue weighted by molar-refractivity contribution is 0.0409. The molecular formula is C21H30N6O2. The molecule has 0 unspecified atom stereocenters. The van der Waals surface area contributed by atoms with E-state index in [4.69, 9.17) is 4.74 Å². The van der Waals surface area contributed by atoms with Gasteiger partial charge in [0.15, 0.2) is 0 Å². The number of likely N-dealkylation sites (tertiary alicyclic amines) is 1. The number of hydrogen-bond acceptors (Lipinski definition) is 6. The number of rotatable bonds is 5. The second-order valence-corrected chi connectivity index (χ2v) is 7.67. The highest BCUT2D eigenvalue weighted by atomic mass is 16.6. The van der Waals surface area contributed by atoms with Crippen LogP contribution >= 0.6 is 0 Å². The molecule has 0 spiro atoms. The summed E-state index contributed by atoms with van der Waals surface area (Å²) in [6.07, 6.45) is 7.82. The number of ether oxygens (including phenoxy) is 1. The van der Waals surface area contributed by atoms with Gasteiger partial charge in [0, 0.05) is 69.6 Å². The first-order valence-corrected chi connectivity index (χ1v) is 10.6. The van der Waals surface area contributed by atoms with Gasteiger partial charge in [-0.1, -0.05) is 0 Å². The molecule has 0 aromatic carbocycles. The molecule has 0 saturated carbocycles. The van der Waals surface area contributed by atoms with E-state index in [9.17, 15) is 4.79 Å². The molecule has 0 radical (unpaired) electrons. The Labute approximate surface area is 172 Å². The van der Waals surface area contributed by atoms with E-state index in [0.717, 1.165) is 51.8 Å². The van der Waals surface area contributed by atoms with Crippen molar-refractivity contribution in [3.63, 3.8) is 0 Å². The number of amides is 1. The van der Waals surface area contributed by atoms with Crippen molar-refractivity contribution in [2.75, 3.05) is 45.9 Å². The second-order valence-electron chi connectivity index (χ2n) is 7.67. The number of aromatic nitrogens is 3. The predicted molar refractivity (Wildman–Crippen MR) is 110 cm³/mol. The second kappa shape index (κ2) is 9.37. The summed E-state index contributed by atoms with van der Waals surface area (Å²) in [6.45, 7) is 8.70. The number of carbonyl (C=O) groups excluding carboxylic acids is 1. The van der Waals surface area contributed by atoms with E-state index in [1.54, 1.807) is 12.4 Å². The first-order chi connectivity index (χ1) is 14.2. The SMILES string of the molecule is CCOC(=O)N1CCN([C@H]2CCCN(Cc3cccn3-c3ncccn3)C2)CC1. The molecule has 1 amide bonds. The summed E-state index contributed by atoms with van der Waals surface area (Å²) in [7, 11) is 0. The van der Waals surface area contributed by atoms with Crippen molar-refractivity contribution in [2.24, 2.45) is 0 Å². The van der Waals surface area contributed by atoms with E-state index in [2.05, 4.69) is 36.5 Å². The number of nitrogens with zero attached hydrogens (tertiary/aromatic N) is 6. The molecule has 1 atom stereocenters. The topological polar surface area (TPSA) is 66.7 Å². The largest absolute Gasteiger partial charge is 0.450 e. The zero-order chi connectivity index (χ0) is 20.1. The van der Waals surface area contributed by atoms with Crippen LogP contribution in [-0.2, 0) is 11.3 Å². The molecule has 156 valence electrons. The minimum atomic E-state index is -0.179. The van der Waals surface area contributed by atoms with Gasteiger partial charge in [0.2, 0.25) is 5.95 Å². The molecule has 2 fully saturated rings. The summed E-state index contributed by atoms with van der Waals surface area (Å²) < 4.78 is 7.20. The summed E-state index contributed by atoms with van der Waals surface area (Å²) in [5.41, 5.74) is 1.21. The van der Waals surface area contributed by atoms with Gasteiger partial charge in [-0.3, -0.25) is 14.4 Å². The van der Waals surface area contributed by atoms with Crippen molar-refractivity contribution in [3.8, 4) is 5.95 Å². The van der Waals surface area contributed by atoms with E-state index < -0.39 is 0 Å². The fourth-order valence-electron chi connectivity index (χ4n) is 4.34. The Morgan fingerprint density at radius 1 is 1.14 bits per heavy atom. The standard InChI is InChI=1S/C21H30N6O2/c1-2-29-21(28)26-14-12-25(13-15-26)18-6-3-10-24(16-18)17-19-7-4-11-27(19)20-22-8-5-9-23-20/h4-5,7-9,11,18H,2-3,6,10,12-17H2,1H3/t18-/m0/s1. The average molecular weight is 399 g/mol. The lowest BCUT2D eigenvalue weighted by Crippen LogP contribution is -2.55. The highest BCUT2D eigenvalue weighted by Crippen LogP contribution is 2.20. The van der Waals surface area contributed by atoms with Crippen LogP contribution in [0.5, 0.6) is 0 Å². The van der Waals surface area contributed by atoms with Crippen LogP contribution in [0.2, 0.25) is 0 Å². The molecule has 0 aliphatic carbocycles. The van der Waals surface area contributed by atoms with Crippen LogP contribution in [0.15, 0.2) is 36.8 Å². The van der Waals surface area contributed by atoms with Crippen molar-refractivity contribution >= 4 is 6.09 Å². The Morgan fingerprint density at radius 3 is 2.69 bits per heavy atom. The van der Waals surface area contributed by atoms with E-state index in [-0.39, 0.29) is 6.09 Å². The van der Waals surface area contributed by atoms with Gasteiger partial charge in [-0.15, -0.1) is 0 Å². The van der Waals surface area contributed by atoms with Crippen molar-refractivity contribution in [1.82, 2.24) is 29.2 Å². The van der Waals surface area contributed by atoms with Crippen LogP contribution in [0.3, 0.4) is 0 Å².